The van der Waals surface area contributed by atoms with Gasteiger partial charge in [0, 0.05) is 21.7 Å². The molecule has 0 fully saturated rings. The first-order valence-electron chi connectivity index (χ1n) is 5.96. The lowest BCUT2D eigenvalue weighted by Crippen LogP contribution is -2.00. The standard InChI is InChI=1S/C15H15BrClN/c1-2-11-4-3-5-14(8-11)18-10-12-9-13(16)6-7-15(12)17/h3-9,18H,2,10H2,1H3. The molecule has 0 aliphatic rings. The number of hydrogen-bond donors (Lipinski definition) is 1. The minimum atomic E-state index is 0.728. The van der Waals surface area contributed by atoms with Crippen LogP contribution in [-0.2, 0) is 13.0 Å². The molecule has 0 saturated carbocycles. The van der Waals surface area contributed by atoms with Crippen LogP contribution in [0.2, 0.25) is 5.02 Å². The fourth-order valence-electron chi connectivity index (χ4n) is 1.78. The van der Waals surface area contributed by atoms with E-state index in [1.54, 1.807) is 0 Å². The Morgan fingerprint density at radius 1 is 1.17 bits per heavy atom. The lowest BCUT2D eigenvalue weighted by Gasteiger charge is -2.09. The summed E-state index contributed by atoms with van der Waals surface area (Å²) in [6.45, 7) is 2.88. The molecule has 2 aromatic rings. The van der Waals surface area contributed by atoms with E-state index in [0.717, 1.165) is 33.7 Å². The van der Waals surface area contributed by atoms with Gasteiger partial charge in [0.25, 0.3) is 0 Å². The third-order valence-electron chi connectivity index (χ3n) is 2.83. The van der Waals surface area contributed by atoms with Gasteiger partial charge in [-0.1, -0.05) is 46.6 Å². The first kappa shape index (κ1) is 13.4. The quantitative estimate of drug-likeness (QED) is 0.807. The Morgan fingerprint density at radius 2 is 2.00 bits per heavy atom. The molecule has 3 heteroatoms. The molecule has 0 aromatic heterocycles. The molecule has 18 heavy (non-hydrogen) atoms. The Kier molecular flexibility index (Phi) is 4.67. The smallest absolute Gasteiger partial charge is 0.0456 e. The van der Waals surface area contributed by atoms with Gasteiger partial charge in [-0.3, -0.25) is 0 Å². The summed E-state index contributed by atoms with van der Waals surface area (Å²) < 4.78 is 1.05. The molecule has 0 radical (unpaired) electrons. The molecule has 2 aromatic carbocycles. The van der Waals surface area contributed by atoms with Gasteiger partial charge in [-0.25, -0.2) is 0 Å². The average Bonchev–Trinajstić information content (AvgIpc) is 2.40. The fraction of sp³-hybridized carbons (Fsp3) is 0.200. The number of rotatable bonds is 4. The van der Waals surface area contributed by atoms with Crippen molar-refractivity contribution in [3.05, 3.63) is 63.1 Å². The second-order valence-corrected chi connectivity index (χ2v) is 5.47. The SMILES string of the molecule is CCc1cccc(NCc2cc(Br)ccc2Cl)c1. The number of nitrogens with one attached hydrogen (secondary N) is 1. The van der Waals surface area contributed by atoms with E-state index in [2.05, 4.69) is 52.4 Å². The molecule has 0 bridgehead atoms. The van der Waals surface area contributed by atoms with Crippen molar-refractivity contribution < 1.29 is 0 Å². The van der Waals surface area contributed by atoms with Crippen molar-refractivity contribution in [1.82, 2.24) is 0 Å². The molecule has 0 unspecified atom stereocenters. The molecule has 0 aliphatic carbocycles. The van der Waals surface area contributed by atoms with E-state index >= 15 is 0 Å². The number of halogens is 2. The van der Waals surface area contributed by atoms with E-state index in [9.17, 15) is 0 Å². The monoisotopic (exact) mass is 323 g/mol. The summed E-state index contributed by atoms with van der Waals surface area (Å²) in [4.78, 5) is 0. The number of benzene rings is 2. The third kappa shape index (κ3) is 3.50. The van der Waals surface area contributed by atoms with Gasteiger partial charge in [0.15, 0.2) is 0 Å². The molecule has 1 nitrogen and oxygen atoms in total. The van der Waals surface area contributed by atoms with E-state index < -0.39 is 0 Å². The predicted octanol–water partition coefficient (Wildman–Crippen LogP) is 5.28. The fourth-order valence-corrected chi connectivity index (χ4v) is 2.37. The zero-order valence-corrected chi connectivity index (χ0v) is 12.6. The van der Waals surface area contributed by atoms with E-state index in [1.807, 2.05) is 18.2 Å². The van der Waals surface area contributed by atoms with Crippen molar-refractivity contribution in [2.45, 2.75) is 19.9 Å². The molecule has 1 N–H and O–H groups in total. The Bertz CT molecular complexity index is 540. The first-order valence-corrected chi connectivity index (χ1v) is 7.13. The van der Waals surface area contributed by atoms with Crippen LogP contribution >= 0.6 is 27.5 Å². The van der Waals surface area contributed by atoms with Crippen molar-refractivity contribution in [3.8, 4) is 0 Å². The molecule has 0 aliphatic heterocycles. The maximum Gasteiger partial charge on any atom is 0.0456 e. The van der Waals surface area contributed by atoms with E-state index in [4.69, 9.17) is 11.6 Å². The Labute approximate surface area is 121 Å². The van der Waals surface area contributed by atoms with Gasteiger partial charge >= 0.3 is 0 Å². The van der Waals surface area contributed by atoms with Crippen molar-refractivity contribution >= 4 is 33.2 Å². The van der Waals surface area contributed by atoms with Gasteiger partial charge in [0.05, 0.1) is 0 Å². The van der Waals surface area contributed by atoms with Crippen LogP contribution < -0.4 is 5.32 Å². The second-order valence-electron chi connectivity index (χ2n) is 4.14. The summed E-state index contributed by atoms with van der Waals surface area (Å²) >= 11 is 9.62. The lowest BCUT2D eigenvalue weighted by atomic mass is 10.1. The van der Waals surface area contributed by atoms with Gasteiger partial charge < -0.3 is 5.32 Å². The summed E-state index contributed by atoms with van der Waals surface area (Å²) in [7, 11) is 0. The molecular formula is C15H15BrClN. The van der Waals surface area contributed by atoms with E-state index in [0.29, 0.717) is 0 Å². The minimum Gasteiger partial charge on any atom is -0.381 e. The molecule has 0 spiro atoms. The van der Waals surface area contributed by atoms with Crippen LogP contribution in [0.4, 0.5) is 5.69 Å². The van der Waals surface area contributed by atoms with Crippen LogP contribution in [0.5, 0.6) is 0 Å². The lowest BCUT2D eigenvalue weighted by molar-refractivity contribution is 1.12. The number of hydrogen-bond acceptors (Lipinski definition) is 1. The summed E-state index contributed by atoms with van der Waals surface area (Å²) in [5.74, 6) is 0. The highest BCUT2D eigenvalue weighted by Crippen LogP contribution is 2.22. The molecule has 0 atom stereocenters. The van der Waals surface area contributed by atoms with Crippen LogP contribution in [0.25, 0.3) is 0 Å². The van der Waals surface area contributed by atoms with Crippen molar-refractivity contribution in [2.24, 2.45) is 0 Å². The Hall–Kier alpha value is -0.990. The van der Waals surface area contributed by atoms with Crippen LogP contribution in [0.1, 0.15) is 18.1 Å². The Balaban J connectivity index is 2.08. The van der Waals surface area contributed by atoms with Crippen LogP contribution in [0.3, 0.4) is 0 Å². The minimum absolute atomic E-state index is 0.728. The van der Waals surface area contributed by atoms with Crippen LogP contribution in [-0.4, -0.2) is 0 Å². The predicted molar refractivity (Wildman–Crippen MR) is 82.3 cm³/mol. The van der Waals surface area contributed by atoms with Crippen molar-refractivity contribution in [1.29, 1.82) is 0 Å². The highest BCUT2D eigenvalue weighted by Gasteiger charge is 2.01. The van der Waals surface area contributed by atoms with Gasteiger partial charge in [-0.15, -0.1) is 0 Å². The molecule has 2 rings (SSSR count). The second kappa shape index (κ2) is 6.26. The van der Waals surface area contributed by atoms with E-state index in [-0.39, 0.29) is 0 Å². The van der Waals surface area contributed by atoms with Crippen LogP contribution in [0.15, 0.2) is 46.9 Å². The average molecular weight is 325 g/mol. The largest absolute Gasteiger partial charge is 0.381 e. The third-order valence-corrected chi connectivity index (χ3v) is 3.69. The maximum absolute atomic E-state index is 6.16. The van der Waals surface area contributed by atoms with Gasteiger partial charge in [0.2, 0.25) is 0 Å². The van der Waals surface area contributed by atoms with Crippen molar-refractivity contribution in [2.75, 3.05) is 5.32 Å². The number of aryl methyl sites for hydroxylation is 1. The molecule has 0 heterocycles. The topological polar surface area (TPSA) is 12.0 Å². The molecule has 94 valence electrons. The zero-order valence-electron chi connectivity index (χ0n) is 10.2. The first-order chi connectivity index (χ1) is 8.69. The van der Waals surface area contributed by atoms with Crippen LogP contribution in [0, 0.1) is 0 Å². The van der Waals surface area contributed by atoms with Gasteiger partial charge in [-0.2, -0.15) is 0 Å². The molecule has 0 saturated heterocycles. The summed E-state index contributed by atoms with van der Waals surface area (Å²) in [6, 6.07) is 14.4. The summed E-state index contributed by atoms with van der Waals surface area (Å²) in [5, 5.41) is 4.19. The highest BCUT2D eigenvalue weighted by atomic mass is 79.9. The summed E-state index contributed by atoms with van der Waals surface area (Å²) in [6.07, 6.45) is 1.05. The zero-order chi connectivity index (χ0) is 13.0. The Morgan fingerprint density at radius 3 is 2.78 bits per heavy atom. The van der Waals surface area contributed by atoms with Gasteiger partial charge in [-0.05, 0) is 47.9 Å². The van der Waals surface area contributed by atoms with Crippen molar-refractivity contribution in [3.63, 3.8) is 0 Å². The molecular weight excluding hydrogens is 310 g/mol. The molecule has 0 amide bonds. The number of anilines is 1. The van der Waals surface area contributed by atoms with E-state index in [1.165, 1.54) is 5.56 Å². The highest BCUT2D eigenvalue weighted by molar-refractivity contribution is 9.10. The normalized spacial score (nSPS) is 10.4. The maximum atomic E-state index is 6.16. The van der Waals surface area contributed by atoms with Gasteiger partial charge in [0.1, 0.15) is 0 Å². The summed E-state index contributed by atoms with van der Waals surface area (Å²) in [5.41, 5.74) is 3.55.